The lowest BCUT2D eigenvalue weighted by atomic mass is 10.1. The molecular weight excluding hydrogens is 403 g/mol. The average Bonchev–Trinajstić information content (AvgIpc) is 3.18. The minimum absolute atomic E-state index is 0.200. The van der Waals surface area contributed by atoms with Crippen molar-refractivity contribution >= 4 is 23.2 Å². The summed E-state index contributed by atoms with van der Waals surface area (Å²) in [6, 6.07) is 13.6. The molecule has 1 unspecified atom stereocenters. The number of carbonyl (C=O) groups is 1. The third kappa shape index (κ3) is 4.83. The molecule has 1 aliphatic rings. The van der Waals surface area contributed by atoms with Gasteiger partial charge in [-0.15, -0.1) is 0 Å². The van der Waals surface area contributed by atoms with Crippen molar-refractivity contribution in [2.24, 2.45) is 0 Å². The molecular formula is C23H22ClFN4O. The van der Waals surface area contributed by atoms with Crippen LogP contribution in [0.4, 0.5) is 10.1 Å². The Labute approximate surface area is 179 Å². The van der Waals surface area contributed by atoms with Crippen LogP contribution in [-0.2, 0) is 6.54 Å². The number of rotatable bonds is 5. The topological polar surface area (TPSA) is 58.1 Å². The highest BCUT2D eigenvalue weighted by Crippen LogP contribution is 2.26. The lowest BCUT2D eigenvalue weighted by Crippen LogP contribution is -2.21. The van der Waals surface area contributed by atoms with Crippen LogP contribution >= 0.6 is 11.6 Å². The molecule has 7 heteroatoms. The maximum atomic E-state index is 13.4. The van der Waals surface area contributed by atoms with Crippen molar-refractivity contribution in [1.82, 2.24) is 14.9 Å². The molecule has 0 saturated carbocycles. The summed E-state index contributed by atoms with van der Waals surface area (Å²) >= 11 is 5.88. The predicted molar refractivity (Wildman–Crippen MR) is 115 cm³/mol. The predicted octanol–water partition coefficient (Wildman–Crippen LogP) is 4.82. The quantitative estimate of drug-likeness (QED) is 0.638. The van der Waals surface area contributed by atoms with Gasteiger partial charge in [-0.1, -0.05) is 23.7 Å². The Kier molecular flexibility index (Phi) is 6.06. The molecule has 1 saturated heterocycles. The number of hydrogen-bond donors (Lipinski definition) is 1. The molecule has 0 spiro atoms. The molecule has 3 aromatic rings. The van der Waals surface area contributed by atoms with Crippen molar-refractivity contribution in [3.05, 3.63) is 88.2 Å². The monoisotopic (exact) mass is 424 g/mol. The molecule has 1 aliphatic heterocycles. The Hall–Kier alpha value is -2.83. The van der Waals surface area contributed by atoms with Gasteiger partial charge in [0.15, 0.2) is 0 Å². The van der Waals surface area contributed by atoms with Gasteiger partial charge in [0.25, 0.3) is 5.91 Å². The van der Waals surface area contributed by atoms with Crippen LogP contribution in [-0.4, -0.2) is 33.9 Å². The zero-order valence-electron chi connectivity index (χ0n) is 16.6. The second-order valence-corrected chi connectivity index (χ2v) is 7.98. The van der Waals surface area contributed by atoms with E-state index >= 15 is 0 Å². The molecule has 2 aromatic carbocycles. The summed E-state index contributed by atoms with van der Waals surface area (Å²) in [5.41, 5.74) is 2.72. The largest absolute Gasteiger partial charge is 0.322 e. The van der Waals surface area contributed by atoms with Gasteiger partial charge in [0.1, 0.15) is 11.6 Å². The van der Waals surface area contributed by atoms with Gasteiger partial charge in [0.05, 0.1) is 11.3 Å². The first-order chi connectivity index (χ1) is 14.5. The summed E-state index contributed by atoms with van der Waals surface area (Å²) in [6.45, 7) is 4.24. The number of aromatic nitrogens is 2. The zero-order valence-corrected chi connectivity index (χ0v) is 17.4. The third-order valence-corrected chi connectivity index (χ3v) is 5.53. The van der Waals surface area contributed by atoms with Crippen LogP contribution in [0.15, 0.2) is 54.7 Å². The Bertz CT molecular complexity index is 1060. The lowest BCUT2D eigenvalue weighted by Gasteiger charge is -2.16. The smallest absolute Gasteiger partial charge is 0.259 e. The molecule has 0 bridgehead atoms. The van der Waals surface area contributed by atoms with Gasteiger partial charge in [-0.3, -0.25) is 9.69 Å². The van der Waals surface area contributed by atoms with E-state index in [0.29, 0.717) is 28.5 Å². The Morgan fingerprint density at radius 1 is 1.27 bits per heavy atom. The summed E-state index contributed by atoms with van der Waals surface area (Å²) in [6.07, 6.45) is 2.53. The minimum Gasteiger partial charge on any atom is -0.322 e. The van der Waals surface area contributed by atoms with Crippen LogP contribution in [0.3, 0.4) is 0 Å². The number of likely N-dealkylation sites (tertiary alicyclic amines) is 1. The van der Waals surface area contributed by atoms with E-state index in [2.05, 4.69) is 20.2 Å². The highest BCUT2D eigenvalue weighted by molar-refractivity contribution is 6.30. The first-order valence-corrected chi connectivity index (χ1v) is 10.2. The lowest BCUT2D eigenvalue weighted by molar-refractivity contribution is 0.102. The molecule has 154 valence electrons. The number of hydrogen-bond acceptors (Lipinski definition) is 4. The van der Waals surface area contributed by atoms with Crippen LogP contribution in [0.2, 0.25) is 5.02 Å². The molecule has 0 radical (unpaired) electrons. The van der Waals surface area contributed by atoms with E-state index in [0.717, 1.165) is 30.9 Å². The molecule has 4 rings (SSSR count). The van der Waals surface area contributed by atoms with Crippen molar-refractivity contribution < 1.29 is 9.18 Å². The van der Waals surface area contributed by atoms with Gasteiger partial charge in [-0.25, -0.2) is 14.4 Å². The number of halogens is 2. The summed E-state index contributed by atoms with van der Waals surface area (Å²) < 4.78 is 13.4. The molecule has 1 atom stereocenters. The molecule has 1 fully saturated rings. The molecule has 5 nitrogen and oxygen atoms in total. The van der Waals surface area contributed by atoms with E-state index in [1.165, 1.54) is 6.07 Å². The van der Waals surface area contributed by atoms with Crippen molar-refractivity contribution in [3.8, 4) is 0 Å². The van der Waals surface area contributed by atoms with Crippen molar-refractivity contribution in [3.63, 3.8) is 0 Å². The zero-order chi connectivity index (χ0) is 21.1. The number of carbonyl (C=O) groups excluding carboxylic acids is 1. The SMILES string of the molecule is Cc1nc(C2CCN(Cc3cccc(F)c3)C2)ncc1C(=O)Nc1ccc(Cl)cc1. The molecule has 30 heavy (non-hydrogen) atoms. The second kappa shape index (κ2) is 8.90. The van der Waals surface area contributed by atoms with E-state index in [9.17, 15) is 9.18 Å². The highest BCUT2D eigenvalue weighted by Gasteiger charge is 2.27. The molecule has 1 N–H and O–H groups in total. The summed E-state index contributed by atoms with van der Waals surface area (Å²) in [5.74, 6) is 0.484. The first-order valence-electron chi connectivity index (χ1n) is 9.85. The van der Waals surface area contributed by atoms with Gasteiger partial charge in [-0.05, 0) is 61.9 Å². The molecule has 2 heterocycles. The summed E-state index contributed by atoms with van der Waals surface area (Å²) in [5, 5.41) is 3.45. The number of nitrogens with zero attached hydrogens (tertiary/aromatic N) is 3. The standard InChI is InChI=1S/C23H22ClFN4O/c1-15-21(23(30)28-20-7-5-18(24)6-8-20)12-26-22(27-15)17-9-10-29(14-17)13-16-3-2-4-19(25)11-16/h2-8,11-12,17H,9-10,13-14H2,1H3,(H,28,30). The van der Waals surface area contributed by atoms with Gasteiger partial charge >= 0.3 is 0 Å². The van der Waals surface area contributed by atoms with Gasteiger partial charge in [-0.2, -0.15) is 0 Å². The number of benzene rings is 2. The van der Waals surface area contributed by atoms with Gasteiger partial charge in [0.2, 0.25) is 0 Å². The second-order valence-electron chi connectivity index (χ2n) is 7.54. The van der Waals surface area contributed by atoms with E-state index in [-0.39, 0.29) is 17.6 Å². The number of aryl methyl sites for hydroxylation is 1. The first kappa shape index (κ1) is 20.4. The van der Waals surface area contributed by atoms with Crippen molar-refractivity contribution in [1.29, 1.82) is 0 Å². The summed E-state index contributed by atoms with van der Waals surface area (Å²) in [4.78, 5) is 23.9. The molecule has 0 aliphatic carbocycles. The maximum absolute atomic E-state index is 13.4. The number of amides is 1. The fraction of sp³-hybridized carbons (Fsp3) is 0.261. The van der Waals surface area contributed by atoms with Crippen molar-refractivity contribution in [2.45, 2.75) is 25.8 Å². The Morgan fingerprint density at radius 3 is 2.80 bits per heavy atom. The van der Waals surface area contributed by atoms with Crippen LogP contribution in [0.1, 0.15) is 39.8 Å². The summed E-state index contributed by atoms with van der Waals surface area (Å²) in [7, 11) is 0. The van der Waals surface area contributed by atoms with E-state index < -0.39 is 0 Å². The third-order valence-electron chi connectivity index (χ3n) is 5.28. The van der Waals surface area contributed by atoms with Crippen molar-refractivity contribution in [2.75, 3.05) is 18.4 Å². The molecule has 1 amide bonds. The van der Waals surface area contributed by atoms with Gasteiger partial charge < -0.3 is 5.32 Å². The van der Waals surface area contributed by atoms with Crippen LogP contribution in [0.25, 0.3) is 0 Å². The fourth-order valence-corrected chi connectivity index (χ4v) is 3.84. The maximum Gasteiger partial charge on any atom is 0.259 e. The Balaban J connectivity index is 1.40. The fourth-order valence-electron chi connectivity index (χ4n) is 3.72. The number of anilines is 1. The van der Waals surface area contributed by atoms with Crippen LogP contribution in [0.5, 0.6) is 0 Å². The van der Waals surface area contributed by atoms with E-state index in [1.807, 2.05) is 13.0 Å². The van der Waals surface area contributed by atoms with Crippen LogP contribution < -0.4 is 5.32 Å². The van der Waals surface area contributed by atoms with Crippen LogP contribution in [0, 0.1) is 12.7 Å². The average molecular weight is 425 g/mol. The van der Waals surface area contributed by atoms with E-state index in [1.54, 1.807) is 42.6 Å². The minimum atomic E-state index is -0.250. The highest BCUT2D eigenvalue weighted by atomic mass is 35.5. The normalized spacial score (nSPS) is 16.6. The number of nitrogens with one attached hydrogen (secondary N) is 1. The Morgan fingerprint density at radius 2 is 2.07 bits per heavy atom. The van der Waals surface area contributed by atoms with E-state index in [4.69, 9.17) is 11.6 Å². The van der Waals surface area contributed by atoms with Gasteiger partial charge in [0, 0.05) is 35.9 Å². The molecule has 1 aromatic heterocycles.